The minimum Gasteiger partial charge on any atom is -0.397 e. The summed E-state index contributed by atoms with van der Waals surface area (Å²) < 4.78 is 0. The van der Waals surface area contributed by atoms with Crippen molar-refractivity contribution in [3.8, 4) is 0 Å². The van der Waals surface area contributed by atoms with Crippen LogP contribution in [0, 0.1) is 0 Å². The first-order chi connectivity index (χ1) is 13.6. The van der Waals surface area contributed by atoms with E-state index in [4.69, 9.17) is 17.3 Å². The summed E-state index contributed by atoms with van der Waals surface area (Å²) in [6, 6.07) is 5.49. The molecule has 160 valence electrons. The number of nitrogen functional groups attached to an aromatic ring is 1. The maximum atomic E-state index is 12.8. The molecule has 1 aromatic rings. The van der Waals surface area contributed by atoms with Gasteiger partial charge in [0.05, 0.1) is 10.7 Å². The number of hydrogen-bond acceptors (Lipinski definition) is 2. The van der Waals surface area contributed by atoms with Crippen LogP contribution in [0.25, 0.3) is 0 Å². The van der Waals surface area contributed by atoms with E-state index in [0.717, 1.165) is 37.9 Å². The number of hydrogen-bond donors (Lipinski definition) is 1. The number of nitrogens with two attached hydrogens (primary N) is 1. The van der Waals surface area contributed by atoms with Crippen LogP contribution in [0.2, 0.25) is 5.02 Å². The molecule has 0 bridgehead atoms. The lowest BCUT2D eigenvalue weighted by atomic mass is 10.0. The highest BCUT2D eigenvalue weighted by molar-refractivity contribution is 6.33. The summed E-state index contributed by atoms with van der Waals surface area (Å²) in [6.07, 6.45) is 16.9. The van der Waals surface area contributed by atoms with Gasteiger partial charge in [0.15, 0.2) is 0 Å². The molecular weight excluding hydrogens is 368 g/mol. The van der Waals surface area contributed by atoms with Gasteiger partial charge in [-0.3, -0.25) is 4.79 Å². The molecule has 0 heterocycles. The van der Waals surface area contributed by atoms with E-state index in [-0.39, 0.29) is 5.91 Å². The lowest BCUT2D eigenvalue weighted by Crippen LogP contribution is -2.31. The van der Waals surface area contributed by atoms with E-state index in [1.165, 1.54) is 57.8 Å². The first-order valence-corrected chi connectivity index (χ1v) is 11.8. The van der Waals surface area contributed by atoms with Gasteiger partial charge in [0, 0.05) is 18.7 Å². The van der Waals surface area contributed by atoms with Crippen molar-refractivity contribution >= 4 is 28.9 Å². The molecule has 28 heavy (non-hydrogen) atoms. The van der Waals surface area contributed by atoms with Crippen molar-refractivity contribution < 1.29 is 4.79 Å². The number of unbranched alkanes of at least 4 members (excludes halogenated alkanes) is 11. The number of anilines is 2. The predicted octanol–water partition coefficient (Wildman–Crippen LogP) is 7.76. The Morgan fingerprint density at radius 3 is 1.93 bits per heavy atom. The molecule has 2 N–H and O–H groups in total. The average molecular weight is 409 g/mol. The molecular formula is C24H41ClN2O. The molecule has 0 saturated heterocycles. The molecule has 3 nitrogen and oxygen atoms in total. The molecule has 0 aliphatic rings. The molecule has 0 spiro atoms. The summed E-state index contributed by atoms with van der Waals surface area (Å²) in [5.41, 5.74) is 7.33. The molecule has 1 amide bonds. The van der Waals surface area contributed by atoms with Crippen LogP contribution in [-0.2, 0) is 4.79 Å². The maximum Gasteiger partial charge on any atom is 0.226 e. The number of carbonyl (C=O) groups is 1. The quantitative estimate of drug-likeness (QED) is 0.224. The molecule has 1 aromatic carbocycles. The Labute approximate surface area is 178 Å². The fraction of sp³-hybridized carbons (Fsp3) is 0.708. The number of halogens is 1. The van der Waals surface area contributed by atoms with Crippen molar-refractivity contribution in [3.63, 3.8) is 0 Å². The molecule has 0 aliphatic heterocycles. The van der Waals surface area contributed by atoms with E-state index < -0.39 is 0 Å². The number of carbonyl (C=O) groups excluding carboxylic acids is 1. The summed E-state index contributed by atoms with van der Waals surface area (Å²) in [7, 11) is 0. The molecule has 0 fully saturated rings. The Balaban J connectivity index is 2.27. The van der Waals surface area contributed by atoms with Crippen LogP contribution in [0.5, 0.6) is 0 Å². The monoisotopic (exact) mass is 408 g/mol. The summed E-state index contributed by atoms with van der Waals surface area (Å²) >= 11 is 6.03. The lowest BCUT2D eigenvalue weighted by molar-refractivity contribution is -0.118. The van der Waals surface area contributed by atoms with Crippen LogP contribution in [0.4, 0.5) is 11.4 Å². The van der Waals surface area contributed by atoms with E-state index in [1.54, 1.807) is 6.07 Å². The van der Waals surface area contributed by atoms with E-state index in [2.05, 4.69) is 13.8 Å². The smallest absolute Gasteiger partial charge is 0.226 e. The summed E-state index contributed by atoms with van der Waals surface area (Å²) in [4.78, 5) is 14.6. The maximum absolute atomic E-state index is 12.8. The Hall–Kier alpha value is -1.22. The molecule has 0 aromatic heterocycles. The van der Waals surface area contributed by atoms with Crippen molar-refractivity contribution in [1.82, 2.24) is 0 Å². The molecule has 1 rings (SSSR count). The molecule has 0 atom stereocenters. The fourth-order valence-corrected chi connectivity index (χ4v) is 3.61. The first kappa shape index (κ1) is 24.8. The zero-order chi connectivity index (χ0) is 20.6. The second-order valence-electron chi connectivity index (χ2n) is 7.89. The van der Waals surface area contributed by atoms with Crippen molar-refractivity contribution in [2.75, 3.05) is 17.2 Å². The second kappa shape index (κ2) is 15.7. The van der Waals surface area contributed by atoms with Gasteiger partial charge in [-0.1, -0.05) is 96.1 Å². The third-order valence-corrected chi connectivity index (χ3v) is 5.67. The molecule has 0 saturated carbocycles. The van der Waals surface area contributed by atoms with Gasteiger partial charge in [0.25, 0.3) is 0 Å². The van der Waals surface area contributed by atoms with E-state index in [9.17, 15) is 4.79 Å². The van der Waals surface area contributed by atoms with Crippen LogP contribution < -0.4 is 10.6 Å². The standard InChI is InChI=1S/C24H41ClN2O/c1-3-5-7-8-9-10-11-12-13-14-15-16-24(28)27(19-6-4-2)21-17-18-22(25)23(26)20-21/h17-18,20H,3-16,19,26H2,1-2H3. The summed E-state index contributed by atoms with van der Waals surface area (Å²) in [5.74, 6) is 0.200. The average Bonchev–Trinajstić information content (AvgIpc) is 2.69. The highest BCUT2D eigenvalue weighted by Crippen LogP contribution is 2.26. The highest BCUT2D eigenvalue weighted by atomic mass is 35.5. The van der Waals surface area contributed by atoms with Gasteiger partial charge in [0.1, 0.15) is 0 Å². The number of rotatable bonds is 16. The van der Waals surface area contributed by atoms with E-state index in [1.807, 2.05) is 17.0 Å². The molecule has 0 aliphatic carbocycles. The Morgan fingerprint density at radius 2 is 1.39 bits per heavy atom. The van der Waals surface area contributed by atoms with Gasteiger partial charge in [-0.2, -0.15) is 0 Å². The molecule has 4 heteroatoms. The summed E-state index contributed by atoms with van der Waals surface area (Å²) in [6.45, 7) is 5.15. The SMILES string of the molecule is CCCCCCCCCCCCCC(=O)N(CCCC)c1ccc(Cl)c(N)c1. The third-order valence-electron chi connectivity index (χ3n) is 5.32. The van der Waals surface area contributed by atoms with Crippen LogP contribution in [0.3, 0.4) is 0 Å². The third kappa shape index (κ3) is 10.4. The van der Waals surface area contributed by atoms with Crippen molar-refractivity contribution in [1.29, 1.82) is 0 Å². The predicted molar refractivity (Wildman–Crippen MR) is 124 cm³/mol. The van der Waals surface area contributed by atoms with Gasteiger partial charge < -0.3 is 10.6 Å². The number of nitrogens with zero attached hydrogens (tertiary/aromatic N) is 1. The van der Waals surface area contributed by atoms with Gasteiger partial charge in [-0.15, -0.1) is 0 Å². The van der Waals surface area contributed by atoms with Crippen LogP contribution in [0.1, 0.15) is 104 Å². The zero-order valence-corrected chi connectivity index (χ0v) is 18.9. The second-order valence-corrected chi connectivity index (χ2v) is 8.30. The van der Waals surface area contributed by atoms with E-state index >= 15 is 0 Å². The lowest BCUT2D eigenvalue weighted by Gasteiger charge is -2.23. The number of amides is 1. The molecule has 0 radical (unpaired) electrons. The Kier molecular flexibility index (Phi) is 13.9. The van der Waals surface area contributed by atoms with Crippen LogP contribution >= 0.6 is 11.6 Å². The van der Waals surface area contributed by atoms with Crippen molar-refractivity contribution in [3.05, 3.63) is 23.2 Å². The van der Waals surface area contributed by atoms with Crippen molar-refractivity contribution in [2.24, 2.45) is 0 Å². The van der Waals surface area contributed by atoms with Gasteiger partial charge >= 0.3 is 0 Å². The molecule has 0 unspecified atom stereocenters. The fourth-order valence-electron chi connectivity index (χ4n) is 3.49. The normalized spacial score (nSPS) is 11.0. The highest BCUT2D eigenvalue weighted by Gasteiger charge is 2.15. The van der Waals surface area contributed by atoms with E-state index in [0.29, 0.717) is 17.1 Å². The first-order valence-electron chi connectivity index (χ1n) is 11.5. The minimum atomic E-state index is 0.200. The van der Waals surface area contributed by atoms with Gasteiger partial charge in [-0.05, 0) is 31.0 Å². The van der Waals surface area contributed by atoms with Gasteiger partial charge in [0.2, 0.25) is 5.91 Å². The van der Waals surface area contributed by atoms with Crippen LogP contribution in [0.15, 0.2) is 18.2 Å². The Morgan fingerprint density at radius 1 is 0.857 bits per heavy atom. The number of benzene rings is 1. The van der Waals surface area contributed by atoms with Crippen LogP contribution in [-0.4, -0.2) is 12.5 Å². The topological polar surface area (TPSA) is 46.3 Å². The zero-order valence-electron chi connectivity index (χ0n) is 18.1. The minimum absolute atomic E-state index is 0.200. The Bertz CT molecular complexity index is 547. The largest absolute Gasteiger partial charge is 0.397 e. The van der Waals surface area contributed by atoms with Crippen molar-refractivity contribution in [2.45, 2.75) is 104 Å². The van der Waals surface area contributed by atoms with Gasteiger partial charge in [-0.25, -0.2) is 0 Å². The summed E-state index contributed by atoms with van der Waals surface area (Å²) in [5, 5.41) is 0.539.